The number of aromatic nitrogens is 2. The lowest BCUT2D eigenvalue weighted by Crippen LogP contribution is -2.48. The van der Waals surface area contributed by atoms with Gasteiger partial charge in [0.15, 0.2) is 0 Å². The fourth-order valence-electron chi connectivity index (χ4n) is 4.82. The van der Waals surface area contributed by atoms with Crippen LogP contribution in [0.3, 0.4) is 0 Å². The molecule has 0 radical (unpaired) electrons. The van der Waals surface area contributed by atoms with Crippen LogP contribution >= 0.6 is 11.3 Å². The summed E-state index contributed by atoms with van der Waals surface area (Å²) in [6, 6.07) is 0. The first-order valence-corrected chi connectivity index (χ1v) is 7.15. The normalized spacial score (nSPS) is 45.1. The van der Waals surface area contributed by atoms with E-state index in [4.69, 9.17) is 5.73 Å². The van der Waals surface area contributed by atoms with Crippen LogP contribution in [0.2, 0.25) is 0 Å². The lowest BCUT2D eigenvalue weighted by molar-refractivity contribution is -0.00555. The molecule has 4 aliphatic rings. The van der Waals surface area contributed by atoms with Gasteiger partial charge < -0.3 is 5.73 Å². The van der Waals surface area contributed by atoms with E-state index >= 15 is 0 Å². The SMILES string of the molecule is Nc1nnc(C23CC4CC(CC(C4)C2)C3)s1. The van der Waals surface area contributed by atoms with Crippen molar-refractivity contribution in [1.82, 2.24) is 10.2 Å². The van der Waals surface area contributed by atoms with Crippen molar-refractivity contribution < 1.29 is 0 Å². The predicted molar refractivity (Wildman–Crippen MR) is 64.2 cm³/mol. The van der Waals surface area contributed by atoms with Crippen LogP contribution in [-0.4, -0.2) is 10.2 Å². The van der Waals surface area contributed by atoms with Crippen molar-refractivity contribution in [2.45, 2.75) is 43.9 Å². The zero-order valence-electron chi connectivity index (χ0n) is 9.35. The van der Waals surface area contributed by atoms with Crippen molar-refractivity contribution in [3.8, 4) is 0 Å². The van der Waals surface area contributed by atoms with Crippen molar-refractivity contribution >= 4 is 16.5 Å². The zero-order chi connectivity index (χ0) is 10.8. The standard InChI is InChI=1S/C12H17N3S/c13-11-15-14-10(16-11)12-4-7-1-8(5-12)3-9(2-7)6-12/h7-9H,1-6H2,(H2,13,15). The molecule has 1 aromatic rings. The Labute approximate surface area is 99.5 Å². The van der Waals surface area contributed by atoms with E-state index in [-0.39, 0.29) is 0 Å². The highest BCUT2D eigenvalue weighted by atomic mass is 32.1. The molecule has 86 valence electrons. The summed E-state index contributed by atoms with van der Waals surface area (Å²) in [5.74, 6) is 2.91. The Morgan fingerprint density at radius 3 is 2.00 bits per heavy atom. The van der Waals surface area contributed by atoms with Gasteiger partial charge in [-0.25, -0.2) is 0 Å². The molecule has 0 saturated heterocycles. The van der Waals surface area contributed by atoms with Crippen LogP contribution in [0.1, 0.15) is 43.5 Å². The Bertz CT molecular complexity index is 390. The Kier molecular flexibility index (Phi) is 1.75. The third kappa shape index (κ3) is 1.19. The van der Waals surface area contributed by atoms with Crippen LogP contribution in [0.15, 0.2) is 0 Å². The van der Waals surface area contributed by atoms with Crippen molar-refractivity contribution in [2.24, 2.45) is 17.8 Å². The second kappa shape index (κ2) is 2.97. The molecule has 16 heavy (non-hydrogen) atoms. The predicted octanol–water partition coefficient (Wildman–Crippen LogP) is 2.59. The maximum Gasteiger partial charge on any atom is 0.203 e. The first-order valence-electron chi connectivity index (χ1n) is 6.33. The molecule has 4 heteroatoms. The average molecular weight is 235 g/mol. The molecule has 0 spiro atoms. The smallest absolute Gasteiger partial charge is 0.203 e. The molecular formula is C12H17N3S. The van der Waals surface area contributed by atoms with E-state index in [0.29, 0.717) is 10.5 Å². The number of nitrogens with zero attached hydrogens (tertiary/aromatic N) is 2. The van der Waals surface area contributed by atoms with Crippen molar-refractivity contribution in [3.05, 3.63) is 5.01 Å². The maximum absolute atomic E-state index is 5.74. The first-order chi connectivity index (χ1) is 7.73. The van der Waals surface area contributed by atoms with E-state index in [1.54, 1.807) is 11.3 Å². The van der Waals surface area contributed by atoms with Gasteiger partial charge in [0.1, 0.15) is 5.01 Å². The van der Waals surface area contributed by atoms with Crippen molar-refractivity contribution in [1.29, 1.82) is 0 Å². The van der Waals surface area contributed by atoms with E-state index < -0.39 is 0 Å². The number of anilines is 1. The molecule has 0 aliphatic heterocycles. The summed E-state index contributed by atoms with van der Waals surface area (Å²) in [6.45, 7) is 0. The molecule has 4 fully saturated rings. The van der Waals surface area contributed by atoms with E-state index in [1.165, 1.54) is 43.5 Å². The molecular weight excluding hydrogens is 218 g/mol. The van der Waals surface area contributed by atoms with Crippen LogP contribution in [0.25, 0.3) is 0 Å². The second-order valence-electron chi connectivity index (χ2n) is 6.14. The van der Waals surface area contributed by atoms with Gasteiger partial charge in [0.25, 0.3) is 0 Å². The van der Waals surface area contributed by atoms with Gasteiger partial charge in [-0.2, -0.15) is 0 Å². The minimum absolute atomic E-state index is 0.379. The van der Waals surface area contributed by atoms with Gasteiger partial charge in [-0.15, -0.1) is 10.2 Å². The summed E-state index contributed by atoms with van der Waals surface area (Å²) >= 11 is 1.63. The van der Waals surface area contributed by atoms with Gasteiger partial charge in [0.2, 0.25) is 5.13 Å². The van der Waals surface area contributed by atoms with Crippen LogP contribution in [-0.2, 0) is 5.41 Å². The van der Waals surface area contributed by atoms with E-state index in [0.717, 1.165) is 17.8 Å². The number of nitrogens with two attached hydrogens (primary N) is 1. The fraction of sp³-hybridized carbons (Fsp3) is 0.833. The van der Waals surface area contributed by atoms with Crippen molar-refractivity contribution in [2.75, 3.05) is 5.73 Å². The summed E-state index contributed by atoms with van der Waals surface area (Å²) in [4.78, 5) is 0. The summed E-state index contributed by atoms with van der Waals surface area (Å²) in [5.41, 5.74) is 6.12. The molecule has 0 aromatic carbocycles. The molecule has 5 rings (SSSR count). The summed E-state index contributed by atoms with van der Waals surface area (Å²) in [5, 5.41) is 10.3. The average Bonchev–Trinajstić information content (AvgIpc) is 2.63. The molecule has 4 aliphatic carbocycles. The quantitative estimate of drug-likeness (QED) is 0.814. The minimum Gasteiger partial charge on any atom is -0.374 e. The Morgan fingerprint density at radius 1 is 1.00 bits per heavy atom. The number of rotatable bonds is 1. The molecule has 3 nitrogen and oxygen atoms in total. The highest BCUT2D eigenvalue weighted by Gasteiger charge is 2.53. The molecule has 1 aromatic heterocycles. The van der Waals surface area contributed by atoms with Crippen LogP contribution in [0.5, 0.6) is 0 Å². The lowest BCUT2D eigenvalue weighted by atomic mass is 9.50. The largest absolute Gasteiger partial charge is 0.374 e. The van der Waals surface area contributed by atoms with Gasteiger partial charge in [-0.1, -0.05) is 11.3 Å². The zero-order valence-corrected chi connectivity index (χ0v) is 10.2. The monoisotopic (exact) mass is 235 g/mol. The topological polar surface area (TPSA) is 51.8 Å². The molecule has 4 saturated carbocycles. The van der Waals surface area contributed by atoms with E-state index in [2.05, 4.69) is 10.2 Å². The molecule has 1 heterocycles. The summed E-state index contributed by atoms with van der Waals surface area (Å²) in [6.07, 6.45) is 8.50. The van der Waals surface area contributed by atoms with Crippen LogP contribution in [0, 0.1) is 17.8 Å². The highest BCUT2D eigenvalue weighted by molar-refractivity contribution is 7.15. The summed E-state index contributed by atoms with van der Waals surface area (Å²) in [7, 11) is 0. The first kappa shape index (κ1) is 9.40. The lowest BCUT2D eigenvalue weighted by Gasteiger charge is -2.55. The maximum atomic E-state index is 5.74. The minimum atomic E-state index is 0.379. The second-order valence-corrected chi connectivity index (χ2v) is 7.15. The van der Waals surface area contributed by atoms with Crippen LogP contribution < -0.4 is 5.73 Å². The molecule has 0 amide bonds. The molecule has 2 N–H and O–H groups in total. The van der Waals surface area contributed by atoms with Gasteiger partial charge in [-0.05, 0) is 56.3 Å². The number of hydrogen-bond acceptors (Lipinski definition) is 4. The van der Waals surface area contributed by atoms with Gasteiger partial charge in [0, 0.05) is 5.41 Å². The Balaban J connectivity index is 1.76. The van der Waals surface area contributed by atoms with Crippen molar-refractivity contribution in [3.63, 3.8) is 0 Å². The molecule has 0 unspecified atom stereocenters. The van der Waals surface area contributed by atoms with Crippen LogP contribution in [0.4, 0.5) is 5.13 Å². The number of nitrogen functional groups attached to an aromatic ring is 1. The third-order valence-corrected chi connectivity index (χ3v) is 5.93. The summed E-state index contributed by atoms with van der Waals surface area (Å²) < 4.78 is 0. The van der Waals surface area contributed by atoms with Gasteiger partial charge in [-0.3, -0.25) is 0 Å². The number of hydrogen-bond donors (Lipinski definition) is 1. The third-order valence-electron chi connectivity index (χ3n) is 4.93. The Hall–Kier alpha value is -0.640. The fourth-order valence-corrected chi connectivity index (χ4v) is 5.65. The van der Waals surface area contributed by atoms with Gasteiger partial charge in [0.05, 0.1) is 0 Å². The van der Waals surface area contributed by atoms with E-state index in [9.17, 15) is 0 Å². The molecule has 4 bridgehead atoms. The highest BCUT2D eigenvalue weighted by Crippen LogP contribution is 2.61. The van der Waals surface area contributed by atoms with Gasteiger partial charge >= 0.3 is 0 Å². The van der Waals surface area contributed by atoms with E-state index in [1.807, 2.05) is 0 Å². The Morgan fingerprint density at radius 2 is 1.56 bits per heavy atom. The molecule has 0 atom stereocenters.